The highest BCUT2D eigenvalue weighted by Gasteiger charge is 2.31. The first-order valence-corrected chi connectivity index (χ1v) is 45.6. The second-order valence-electron chi connectivity index (χ2n) is 28.2. The average molecular weight is 1680 g/mol. The van der Waals surface area contributed by atoms with Crippen LogP contribution < -0.4 is 14.2 Å². The molecule has 6 unspecified atom stereocenters. The van der Waals surface area contributed by atoms with Crippen LogP contribution in [0.4, 0.5) is 0 Å². The van der Waals surface area contributed by atoms with E-state index < -0.39 is 42.1 Å². The third kappa shape index (κ3) is 53.5. The smallest absolute Gasteiger partial charge is 0.475 e. The standard InChI is InChI=1S/C53H88N6O14P2.C30H53N4O5P/c1-7-11-13-15-18-22-52(66-40-46-24-28-50(62-5)29-25-46)32-38-64-42-48(56-58-54)44-72-74(60,68-34-9-3)70-36-20-17-21-37-71-75(61,69-35-10-4)73-45-49(57-59-55)43-65-39-33-53(23-19-16-14-12-8-2)67-41-47-26-30-51(63-6)31-27-47;1-8-10-11-12-13-14-30(38-21-27-15-17-29(35-7)18-16-27)19-20-37-22-28(32-33-31)23-39-40(24-36-9-2)34(25(3)4)26(5)6/h9-10,24-31,48-49,52-53H,3-4,7-8,11-23,32-45H2,1-2,5-6H3;9,15-18,25-26,28,30H,2,8,10-14,19-24H2,1,3-7H3/t48?,49?,52-,53-,74?,75?;28?,30-,40?/m11/s1. The fraction of sp³-hybridized carbons (Fsp3) is 0.711. The lowest BCUT2D eigenvalue weighted by Gasteiger charge is -2.36. The normalized spacial score (nSPS) is 14.3. The Labute approximate surface area is 689 Å². The molecule has 3 aromatic carbocycles. The van der Waals surface area contributed by atoms with E-state index in [0.717, 1.165) is 91.7 Å². The quantitative estimate of drug-likeness (QED) is 0.00963. The van der Waals surface area contributed by atoms with Crippen molar-refractivity contribution in [2.45, 2.75) is 271 Å². The van der Waals surface area contributed by atoms with Crippen molar-refractivity contribution in [3.63, 3.8) is 0 Å². The molecule has 3 rings (SSSR count). The number of ether oxygens (including phenoxy) is 10. The zero-order valence-corrected chi connectivity index (χ0v) is 73.6. The van der Waals surface area contributed by atoms with Crippen molar-refractivity contribution in [2.75, 3.05) is 114 Å². The maximum absolute atomic E-state index is 13.6. The van der Waals surface area contributed by atoms with Crippen LogP contribution >= 0.6 is 23.9 Å². The van der Waals surface area contributed by atoms with Crippen molar-refractivity contribution in [2.24, 2.45) is 15.3 Å². The Balaban J connectivity index is 0.000000941. The number of hydrogen-bond acceptors (Lipinski definition) is 23. The largest absolute Gasteiger partial charge is 0.497 e. The van der Waals surface area contributed by atoms with Crippen LogP contribution in [0.2, 0.25) is 0 Å². The Bertz CT molecular complexity index is 3010. The molecule has 9 atom stereocenters. The SMILES string of the molecule is C=CCOP(=O)(OCCCCCOP(=O)(OCC=C)OCC(COCC[C@@H](CCCCCCC)OCc1ccc(OC)cc1)N=[N+]=[N-])OCC(COCC[C@@H](CCCCCCC)OCc1ccc(OC)cc1)N=[N+]=[N-].C=COCP(OCC(COCC[C@@H](CCCCCCC)OCc1ccc(OC)cc1)N=[N+]=[N-])N(C(C)C)C(C)C. The Kier molecular flexibility index (Phi) is 64.4. The summed E-state index contributed by atoms with van der Waals surface area (Å²) in [7, 11) is -4.34. The fourth-order valence-corrected chi connectivity index (χ4v) is 16.1. The van der Waals surface area contributed by atoms with Gasteiger partial charge in [-0.25, -0.2) is 9.13 Å². The summed E-state index contributed by atoms with van der Waals surface area (Å²) in [4.78, 5) is 8.88. The molecule has 0 heterocycles. The second-order valence-corrected chi connectivity index (χ2v) is 33.2. The molecule has 3 aromatic rings. The Morgan fingerprint density at radius 3 is 1.03 bits per heavy atom. The molecule has 0 aliphatic rings. The number of methoxy groups -OCH3 is 3. The maximum atomic E-state index is 13.6. The summed E-state index contributed by atoms with van der Waals surface area (Å²) in [5, 5.41) is 11.5. The predicted octanol–water partition coefficient (Wildman–Crippen LogP) is 23.5. The molecule has 32 heteroatoms. The maximum Gasteiger partial charge on any atom is 0.475 e. The summed E-state index contributed by atoms with van der Waals surface area (Å²) in [6.45, 7) is 28.5. The summed E-state index contributed by atoms with van der Waals surface area (Å²) in [5.74, 6) is 2.40. The Hall–Kier alpha value is -5.66. The molecule has 652 valence electrons. The van der Waals surface area contributed by atoms with Crippen molar-refractivity contribution in [1.29, 1.82) is 0 Å². The molecule has 0 aliphatic carbocycles. The lowest BCUT2D eigenvalue weighted by molar-refractivity contribution is 0.00202. The molecule has 0 radical (unpaired) electrons. The van der Waals surface area contributed by atoms with Crippen LogP contribution in [0.3, 0.4) is 0 Å². The number of azide groups is 3. The van der Waals surface area contributed by atoms with Crippen LogP contribution in [0, 0.1) is 0 Å². The van der Waals surface area contributed by atoms with Crippen LogP contribution in [-0.4, -0.2) is 167 Å². The van der Waals surface area contributed by atoms with Crippen LogP contribution in [0.5, 0.6) is 17.2 Å². The number of phosphoric acid groups is 2. The zero-order valence-electron chi connectivity index (χ0n) is 71.0. The first-order valence-electron chi connectivity index (χ1n) is 41.2. The van der Waals surface area contributed by atoms with Gasteiger partial charge in [-0.2, -0.15) is 0 Å². The van der Waals surface area contributed by atoms with E-state index in [1.807, 2.05) is 72.8 Å². The predicted molar refractivity (Wildman–Crippen MR) is 456 cm³/mol. The highest BCUT2D eigenvalue weighted by molar-refractivity contribution is 7.49. The molecule has 0 fully saturated rings. The second kappa shape index (κ2) is 70.2. The van der Waals surface area contributed by atoms with E-state index in [0.29, 0.717) is 84.7 Å². The van der Waals surface area contributed by atoms with Crippen LogP contribution in [0.1, 0.15) is 219 Å². The zero-order chi connectivity index (χ0) is 84.1. The molecule has 0 spiro atoms. The molecular formula is C83H141N10O19P3. The van der Waals surface area contributed by atoms with Crippen molar-refractivity contribution in [1.82, 2.24) is 4.67 Å². The third-order valence-corrected chi connectivity index (χ3v) is 23.1. The molecule has 0 saturated heterocycles. The van der Waals surface area contributed by atoms with Gasteiger partial charge in [0.1, 0.15) is 31.9 Å². The van der Waals surface area contributed by atoms with E-state index in [9.17, 15) is 20.2 Å². The molecule has 0 saturated carbocycles. The molecule has 0 N–H and O–H groups in total. The minimum atomic E-state index is -4.11. The van der Waals surface area contributed by atoms with E-state index in [2.05, 4.69) is 103 Å². The Morgan fingerprint density at radius 2 is 0.739 bits per heavy atom. The van der Waals surface area contributed by atoms with Gasteiger partial charge in [-0.05, 0) is 155 Å². The van der Waals surface area contributed by atoms with Gasteiger partial charge in [-0.15, -0.1) is 13.2 Å². The van der Waals surface area contributed by atoms with Gasteiger partial charge in [0, 0.05) is 46.6 Å². The lowest BCUT2D eigenvalue weighted by atomic mass is 10.1. The van der Waals surface area contributed by atoms with Crippen LogP contribution in [-0.2, 0) is 93.8 Å². The van der Waals surface area contributed by atoms with E-state index in [4.69, 9.17) is 84.6 Å². The van der Waals surface area contributed by atoms with Gasteiger partial charge in [-0.3, -0.25) is 31.8 Å². The van der Waals surface area contributed by atoms with E-state index >= 15 is 0 Å². The number of benzene rings is 3. The summed E-state index contributed by atoms with van der Waals surface area (Å²) in [5.41, 5.74) is 30.9. The third-order valence-electron chi connectivity index (χ3n) is 18.0. The summed E-state index contributed by atoms with van der Waals surface area (Å²) in [6, 6.07) is 22.0. The topological polar surface area (TPSA) is 341 Å². The first-order chi connectivity index (χ1) is 55.9. The van der Waals surface area contributed by atoms with Crippen molar-refractivity contribution in [3.05, 3.63) is 159 Å². The summed E-state index contributed by atoms with van der Waals surface area (Å²) >= 11 is 0. The van der Waals surface area contributed by atoms with Crippen LogP contribution in [0.25, 0.3) is 31.3 Å². The molecule has 0 amide bonds. The summed E-state index contributed by atoms with van der Waals surface area (Å²) in [6.07, 6.45) is 28.4. The first kappa shape index (κ1) is 105. The van der Waals surface area contributed by atoms with Crippen LogP contribution in [0.15, 0.2) is 126 Å². The lowest BCUT2D eigenvalue weighted by Crippen LogP contribution is -2.34. The molecular weight excluding hydrogens is 1530 g/mol. The van der Waals surface area contributed by atoms with Crippen molar-refractivity contribution < 1.29 is 88.2 Å². The van der Waals surface area contributed by atoms with Gasteiger partial charge in [0.25, 0.3) is 0 Å². The van der Waals surface area contributed by atoms with Gasteiger partial charge in [-0.1, -0.05) is 188 Å². The van der Waals surface area contributed by atoms with Gasteiger partial charge >= 0.3 is 15.6 Å². The van der Waals surface area contributed by atoms with E-state index in [-0.39, 0.29) is 89.9 Å². The average Bonchev–Trinajstić information content (AvgIpc) is 0.877. The number of phosphoric ester groups is 2. The van der Waals surface area contributed by atoms with E-state index in [1.165, 1.54) is 82.6 Å². The van der Waals surface area contributed by atoms with Gasteiger partial charge in [0.15, 0.2) is 0 Å². The van der Waals surface area contributed by atoms with Gasteiger partial charge in [0.2, 0.25) is 0 Å². The minimum absolute atomic E-state index is 0.0139. The monoisotopic (exact) mass is 1670 g/mol. The minimum Gasteiger partial charge on any atom is -0.497 e. The number of nitrogens with zero attached hydrogens (tertiary/aromatic N) is 10. The molecule has 0 aliphatic heterocycles. The summed E-state index contributed by atoms with van der Waals surface area (Å²) < 4.78 is 127. The van der Waals surface area contributed by atoms with Crippen molar-refractivity contribution >= 4 is 23.9 Å². The van der Waals surface area contributed by atoms with Gasteiger partial charge < -0.3 is 51.9 Å². The number of hydrogen-bond donors (Lipinski definition) is 0. The molecule has 115 heavy (non-hydrogen) atoms. The highest BCUT2D eigenvalue weighted by Crippen LogP contribution is 2.51. The van der Waals surface area contributed by atoms with Crippen molar-refractivity contribution in [3.8, 4) is 17.2 Å². The molecule has 0 bridgehead atoms. The molecule has 29 nitrogen and oxygen atoms in total. The Morgan fingerprint density at radius 1 is 0.417 bits per heavy atom. The number of rotatable bonds is 77. The van der Waals surface area contributed by atoms with E-state index in [1.54, 1.807) is 21.3 Å². The highest BCUT2D eigenvalue weighted by atomic mass is 31.2. The van der Waals surface area contributed by atoms with Gasteiger partial charge in [0.05, 0.1) is 150 Å². The number of unbranched alkanes of at least 4 members (excludes halogenated alkanes) is 14. The fourth-order valence-electron chi connectivity index (χ4n) is 11.7. The molecule has 0 aromatic heterocycles.